The topological polar surface area (TPSA) is 77.8 Å². The van der Waals surface area contributed by atoms with Crippen LogP contribution in [0.15, 0.2) is 11.6 Å². The van der Waals surface area contributed by atoms with Gasteiger partial charge in [-0.3, -0.25) is 4.79 Å². The number of carbonyl (C=O) groups is 1. The first-order valence-electron chi connectivity index (χ1n) is 13.9. The molecular formula is C30H50O4. The lowest BCUT2D eigenvalue weighted by Gasteiger charge is -2.70. The first kappa shape index (κ1) is 26.4. The van der Waals surface area contributed by atoms with E-state index in [1.807, 2.05) is 13.8 Å². The van der Waals surface area contributed by atoms with Crippen molar-refractivity contribution in [3.8, 4) is 0 Å². The van der Waals surface area contributed by atoms with Crippen molar-refractivity contribution in [3.05, 3.63) is 11.6 Å². The maximum atomic E-state index is 12.9. The fourth-order valence-electron chi connectivity index (χ4n) is 10.3. The number of aliphatic hydroxyl groups excluding tert-OH is 2. The minimum atomic E-state index is -0.725. The summed E-state index contributed by atoms with van der Waals surface area (Å²) in [5.74, 6) is 1.57. The first-order chi connectivity index (χ1) is 15.6. The largest absolute Gasteiger partial charge is 0.393 e. The van der Waals surface area contributed by atoms with E-state index in [4.69, 9.17) is 0 Å². The number of ketones is 1. The van der Waals surface area contributed by atoms with Crippen molar-refractivity contribution in [2.24, 2.45) is 45.3 Å². The molecule has 4 aliphatic rings. The van der Waals surface area contributed by atoms with Gasteiger partial charge in [-0.05, 0) is 99.2 Å². The molecule has 0 heterocycles. The van der Waals surface area contributed by atoms with Crippen LogP contribution >= 0.6 is 0 Å². The second-order valence-electron chi connectivity index (χ2n) is 14.2. The molecule has 0 saturated heterocycles. The SMILES string of the molecule is CC(=CCC[C@](C)(O)[C@H]1CC[C@@]2(C)[C@H]1CC[C@@H]1[C@@]3(C)CCC(=O)C(C)(C)[C@H]3[C@@H](O)C[C@]12C)CO. The van der Waals surface area contributed by atoms with E-state index >= 15 is 0 Å². The average molecular weight is 475 g/mol. The second-order valence-corrected chi connectivity index (χ2v) is 14.2. The smallest absolute Gasteiger partial charge is 0.138 e. The fraction of sp³-hybridized carbons (Fsp3) is 0.900. The Labute approximate surface area is 207 Å². The van der Waals surface area contributed by atoms with E-state index < -0.39 is 17.1 Å². The Balaban J connectivity index is 1.63. The minimum Gasteiger partial charge on any atom is -0.393 e. The third-order valence-corrected chi connectivity index (χ3v) is 12.2. The molecule has 4 nitrogen and oxygen atoms in total. The van der Waals surface area contributed by atoms with Gasteiger partial charge >= 0.3 is 0 Å². The van der Waals surface area contributed by atoms with Gasteiger partial charge in [-0.1, -0.05) is 46.3 Å². The van der Waals surface area contributed by atoms with Crippen molar-refractivity contribution in [1.82, 2.24) is 0 Å². The molecule has 4 aliphatic carbocycles. The highest BCUT2D eigenvalue weighted by atomic mass is 16.3. The molecule has 0 spiro atoms. The summed E-state index contributed by atoms with van der Waals surface area (Å²) in [6.45, 7) is 15.5. The van der Waals surface area contributed by atoms with Crippen LogP contribution in [0.5, 0.6) is 0 Å². The number of hydrogen-bond donors (Lipinski definition) is 3. The van der Waals surface area contributed by atoms with E-state index in [1.165, 1.54) is 0 Å². The van der Waals surface area contributed by atoms with Crippen LogP contribution in [0.1, 0.15) is 106 Å². The summed E-state index contributed by atoms with van der Waals surface area (Å²) in [5.41, 5.74) is -0.153. The number of hydrogen-bond acceptors (Lipinski definition) is 4. The van der Waals surface area contributed by atoms with E-state index in [-0.39, 0.29) is 34.7 Å². The van der Waals surface area contributed by atoms with E-state index in [2.05, 4.69) is 40.7 Å². The highest BCUT2D eigenvalue weighted by molar-refractivity contribution is 5.85. The Morgan fingerprint density at radius 2 is 1.76 bits per heavy atom. The number of fused-ring (bicyclic) bond motifs is 5. The molecule has 194 valence electrons. The predicted molar refractivity (Wildman–Crippen MR) is 136 cm³/mol. The highest BCUT2D eigenvalue weighted by Crippen LogP contribution is 2.75. The minimum absolute atomic E-state index is 0.00919. The van der Waals surface area contributed by atoms with Gasteiger partial charge in [0.2, 0.25) is 0 Å². The lowest BCUT2D eigenvalue weighted by Crippen LogP contribution is -2.67. The molecule has 0 radical (unpaired) electrons. The first-order valence-corrected chi connectivity index (χ1v) is 13.9. The van der Waals surface area contributed by atoms with Gasteiger partial charge in [-0.15, -0.1) is 0 Å². The maximum Gasteiger partial charge on any atom is 0.138 e. The summed E-state index contributed by atoms with van der Waals surface area (Å²) in [7, 11) is 0. The molecule has 34 heavy (non-hydrogen) atoms. The molecule has 3 N–H and O–H groups in total. The number of Topliss-reactive ketones (excluding diaryl/α,β-unsaturated/α-hetero) is 1. The summed E-state index contributed by atoms with van der Waals surface area (Å²) in [6.07, 6.45) is 9.85. The van der Waals surface area contributed by atoms with Crippen LogP contribution in [0.25, 0.3) is 0 Å². The molecule has 0 bridgehead atoms. The summed E-state index contributed by atoms with van der Waals surface area (Å²) < 4.78 is 0. The lowest BCUT2D eigenvalue weighted by atomic mass is 9.35. The van der Waals surface area contributed by atoms with Crippen molar-refractivity contribution in [3.63, 3.8) is 0 Å². The van der Waals surface area contributed by atoms with Crippen LogP contribution in [0.3, 0.4) is 0 Å². The standard InChI is InChI=1S/C30H50O4/c1-19(18-31)9-8-14-30(7,34)21-12-16-28(5)20(21)10-11-23-27(4)15-13-24(33)26(2,3)25(27)22(32)17-29(23,28)6/h9,20-23,25,31-32,34H,8,10-18H2,1-7H3/t20-,21-,22-,23+,25+,27+,28-,29+,30-/m0/s1. The molecule has 0 unspecified atom stereocenters. The molecule has 0 aliphatic heterocycles. The van der Waals surface area contributed by atoms with E-state index in [1.54, 1.807) is 0 Å². The molecule has 0 amide bonds. The zero-order valence-electron chi connectivity index (χ0n) is 22.8. The van der Waals surface area contributed by atoms with Gasteiger partial charge in [0, 0.05) is 17.8 Å². The van der Waals surface area contributed by atoms with Gasteiger partial charge < -0.3 is 15.3 Å². The van der Waals surface area contributed by atoms with Gasteiger partial charge in [0.25, 0.3) is 0 Å². The third kappa shape index (κ3) is 3.60. The summed E-state index contributed by atoms with van der Waals surface area (Å²) in [4.78, 5) is 12.9. The zero-order chi connectivity index (χ0) is 25.3. The summed E-state index contributed by atoms with van der Waals surface area (Å²) in [5, 5.41) is 32.6. The molecule has 4 rings (SSSR count). The molecule has 0 aromatic heterocycles. The van der Waals surface area contributed by atoms with Crippen LogP contribution < -0.4 is 0 Å². The fourth-order valence-corrected chi connectivity index (χ4v) is 10.3. The highest BCUT2D eigenvalue weighted by Gasteiger charge is 2.71. The quantitative estimate of drug-likeness (QED) is 0.448. The second kappa shape index (κ2) is 8.42. The van der Waals surface area contributed by atoms with Crippen molar-refractivity contribution in [1.29, 1.82) is 0 Å². The molecular weight excluding hydrogens is 424 g/mol. The van der Waals surface area contributed by atoms with Crippen LogP contribution in [0, 0.1) is 45.3 Å². The van der Waals surface area contributed by atoms with Crippen LogP contribution in [-0.2, 0) is 4.79 Å². The van der Waals surface area contributed by atoms with Gasteiger partial charge in [0.1, 0.15) is 5.78 Å². The van der Waals surface area contributed by atoms with Crippen LogP contribution in [-0.4, -0.2) is 39.4 Å². The number of allylic oxidation sites excluding steroid dienone is 1. The Kier molecular flexibility index (Phi) is 6.52. The van der Waals surface area contributed by atoms with Crippen LogP contribution in [0.2, 0.25) is 0 Å². The molecule has 9 atom stereocenters. The van der Waals surface area contributed by atoms with Crippen molar-refractivity contribution >= 4 is 5.78 Å². The number of rotatable bonds is 5. The van der Waals surface area contributed by atoms with E-state index in [0.717, 1.165) is 56.9 Å². The molecule has 4 heteroatoms. The Bertz CT molecular complexity index is 843. The number of aliphatic hydroxyl groups is 3. The van der Waals surface area contributed by atoms with Crippen LogP contribution in [0.4, 0.5) is 0 Å². The summed E-state index contributed by atoms with van der Waals surface area (Å²) in [6, 6.07) is 0. The molecule has 4 fully saturated rings. The number of carbonyl (C=O) groups excluding carboxylic acids is 1. The van der Waals surface area contributed by atoms with Crippen molar-refractivity contribution in [2.45, 2.75) is 118 Å². The van der Waals surface area contributed by atoms with Crippen molar-refractivity contribution < 1.29 is 20.1 Å². The summed E-state index contributed by atoms with van der Waals surface area (Å²) >= 11 is 0. The third-order valence-electron chi connectivity index (χ3n) is 12.2. The van der Waals surface area contributed by atoms with Crippen molar-refractivity contribution in [2.75, 3.05) is 6.61 Å². The van der Waals surface area contributed by atoms with Gasteiger partial charge in [-0.25, -0.2) is 0 Å². The molecule has 4 saturated carbocycles. The molecule has 0 aromatic carbocycles. The lowest BCUT2D eigenvalue weighted by molar-refractivity contribution is -0.238. The van der Waals surface area contributed by atoms with Gasteiger partial charge in [-0.2, -0.15) is 0 Å². The van der Waals surface area contributed by atoms with E-state index in [0.29, 0.717) is 24.0 Å². The van der Waals surface area contributed by atoms with Gasteiger partial charge in [0.05, 0.1) is 18.3 Å². The predicted octanol–water partition coefficient (Wildman–Crippen LogP) is 5.68. The van der Waals surface area contributed by atoms with E-state index in [9.17, 15) is 20.1 Å². The normalized spacial score (nSPS) is 48.0. The Morgan fingerprint density at radius 3 is 2.41 bits per heavy atom. The Hall–Kier alpha value is -0.710. The molecule has 0 aromatic rings. The monoisotopic (exact) mass is 474 g/mol. The van der Waals surface area contributed by atoms with Gasteiger partial charge in [0.15, 0.2) is 0 Å². The zero-order valence-corrected chi connectivity index (χ0v) is 22.8. The average Bonchev–Trinajstić information content (AvgIpc) is 3.10. The maximum absolute atomic E-state index is 12.9. The Morgan fingerprint density at radius 1 is 1.09 bits per heavy atom.